The van der Waals surface area contributed by atoms with Gasteiger partial charge in [0.15, 0.2) is 10.2 Å². The molecule has 5 fully saturated rings. The van der Waals surface area contributed by atoms with E-state index < -0.39 is 156 Å². The number of carbonyl (C=O) groups is 2. The Hall–Kier alpha value is -4.62. The van der Waals surface area contributed by atoms with E-state index >= 15 is 0 Å². The molecule has 632 valence electrons. The molecule has 0 radical (unpaired) electrons. The minimum atomic E-state index is -1.29. The van der Waals surface area contributed by atoms with E-state index in [0.717, 1.165) is 43.8 Å². The molecule has 0 aliphatic carbocycles. The second-order valence-electron chi connectivity index (χ2n) is 33.2. The molecule has 4 amide bonds. The van der Waals surface area contributed by atoms with Crippen molar-refractivity contribution in [3.63, 3.8) is 0 Å². The molecule has 5 saturated heterocycles. The van der Waals surface area contributed by atoms with E-state index in [1.807, 2.05) is 14.0 Å². The van der Waals surface area contributed by atoms with E-state index in [1.165, 1.54) is 21.9 Å². The van der Waals surface area contributed by atoms with Crippen molar-refractivity contribution in [2.75, 3.05) is 118 Å². The highest BCUT2D eigenvalue weighted by Gasteiger charge is 2.50. The lowest BCUT2D eigenvalue weighted by Gasteiger charge is -2.30. The van der Waals surface area contributed by atoms with Crippen molar-refractivity contribution in [3.05, 3.63) is 129 Å². The summed E-state index contributed by atoms with van der Waals surface area (Å²) in [4.78, 5) is 52.2. The fourth-order valence-electron chi connectivity index (χ4n) is 13.0. The minimum absolute atomic E-state index is 0.139. The normalized spacial score (nSPS) is 31.6. The second kappa shape index (κ2) is 40.7. The number of thiocarbonyl (C=S) groups is 2. The van der Waals surface area contributed by atoms with Crippen molar-refractivity contribution in [3.8, 4) is 0 Å². The Morgan fingerprint density at radius 2 is 0.768 bits per heavy atom. The second-order valence-corrected chi connectivity index (χ2v) is 55.5. The highest BCUT2D eigenvalue weighted by Crippen LogP contribution is 2.45. The van der Waals surface area contributed by atoms with Gasteiger partial charge in [0.05, 0.1) is 42.8 Å². The first-order valence-corrected chi connectivity index (χ1v) is 53.1. The third-order valence-corrected chi connectivity index (χ3v) is 27.6. The van der Waals surface area contributed by atoms with Crippen LogP contribution in [0.15, 0.2) is 112 Å². The van der Waals surface area contributed by atoms with Crippen molar-refractivity contribution in [2.24, 2.45) is 0 Å². The predicted molar refractivity (Wildman–Crippen MR) is 468 cm³/mol. The number of nitrogens with one attached hydrogen (secondary N) is 8. The van der Waals surface area contributed by atoms with Crippen LogP contribution in [0, 0.1) is 0 Å². The van der Waals surface area contributed by atoms with Gasteiger partial charge in [0, 0.05) is 90.2 Å². The molecule has 1 aromatic rings. The van der Waals surface area contributed by atoms with Crippen LogP contribution in [0.2, 0.25) is 0 Å². The summed E-state index contributed by atoms with van der Waals surface area (Å²) in [6, 6.07) is -0.668. The number of aliphatic hydroxyl groups excluding tert-OH is 10. The van der Waals surface area contributed by atoms with Crippen LogP contribution in [0.25, 0.3) is 0 Å². The number of amides is 4. The average Bonchev–Trinajstić information content (AvgIpc) is 1.61. The zero-order valence-corrected chi connectivity index (χ0v) is 73.1. The summed E-state index contributed by atoms with van der Waals surface area (Å²) in [6.07, 6.45) is 21.4. The first kappa shape index (κ1) is 96.2. The number of aliphatic hydroxyl groups is 10. The van der Waals surface area contributed by atoms with E-state index in [0.29, 0.717) is 87.4 Å². The maximum atomic E-state index is 12.2. The summed E-state index contributed by atoms with van der Waals surface area (Å²) < 4.78 is 30.6. The fourth-order valence-corrected chi connectivity index (χ4v) is 18.2. The molecule has 18 N–H and O–H groups in total. The number of carbonyl (C=O) groups excluding carboxylic acids is 2. The topological polar surface area (TPSA) is 428 Å². The lowest BCUT2D eigenvalue weighted by atomic mass is 9.99. The van der Waals surface area contributed by atoms with Gasteiger partial charge in [0.25, 0.3) is 5.56 Å². The molecule has 20 atom stereocenters. The van der Waals surface area contributed by atoms with Crippen molar-refractivity contribution in [2.45, 2.75) is 174 Å². The van der Waals surface area contributed by atoms with Gasteiger partial charge in [0.1, 0.15) is 91.6 Å². The van der Waals surface area contributed by atoms with Gasteiger partial charge in [-0.2, -0.15) is 0 Å². The highest BCUT2D eigenvalue weighted by atomic mass is 32.1. The summed E-state index contributed by atoms with van der Waals surface area (Å²) in [5.74, 6) is 0. The Morgan fingerprint density at radius 1 is 0.446 bits per heavy atom. The molecule has 0 saturated carbocycles. The van der Waals surface area contributed by atoms with Crippen molar-refractivity contribution < 1.29 is 84.3 Å². The van der Waals surface area contributed by atoms with E-state index in [-0.39, 0.29) is 36.5 Å². The lowest BCUT2D eigenvalue weighted by Crippen LogP contribution is -2.42. The molecule has 10 heterocycles. The number of H-pyrrole nitrogens is 1. The Balaban J connectivity index is 0.000000219. The molecule has 9 aliphatic heterocycles. The van der Waals surface area contributed by atoms with Crippen LogP contribution < -0.4 is 48.5 Å². The Labute approximate surface area is 670 Å². The van der Waals surface area contributed by atoms with E-state index in [9.17, 15) is 70.2 Å². The van der Waals surface area contributed by atoms with Crippen LogP contribution in [0.1, 0.15) is 57.1 Å². The molecule has 0 aromatic carbocycles. The maximum Gasteiger partial charge on any atom is 0.329 e. The van der Waals surface area contributed by atoms with Crippen LogP contribution in [-0.4, -0.2) is 358 Å². The van der Waals surface area contributed by atoms with Gasteiger partial charge in [-0.1, -0.05) is 33.2 Å². The van der Waals surface area contributed by atoms with Gasteiger partial charge in [-0.25, -0.2) is 14.4 Å². The lowest BCUT2D eigenvalue weighted by molar-refractivity contribution is 0.00492. The number of aromatic amines is 1. The molecule has 10 rings (SSSR count). The van der Waals surface area contributed by atoms with Crippen LogP contribution in [-0.2, 0) is 30.4 Å². The van der Waals surface area contributed by atoms with Gasteiger partial charge in [0.2, 0.25) is 0 Å². The largest absolute Gasteiger partial charge is 0.388 e. The third kappa shape index (κ3) is 27.5. The quantitative estimate of drug-likeness (QED) is 0.0399. The minimum Gasteiger partial charge on any atom is -0.388 e. The smallest absolute Gasteiger partial charge is 0.329 e. The molecule has 9 aliphatic rings. The fraction of sp³-hybridized carbons (Fsp3) is 0.613. The predicted octanol–water partition coefficient (Wildman–Crippen LogP) is 1.91. The number of urea groups is 2. The van der Waals surface area contributed by atoms with Crippen LogP contribution in [0.4, 0.5) is 9.59 Å². The average molecular weight is 1700 g/mol. The molecule has 0 spiro atoms. The van der Waals surface area contributed by atoms with E-state index in [2.05, 4.69) is 167 Å². The van der Waals surface area contributed by atoms with Gasteiger partial charge in [-0.15, -0.1) is 65.9 Å². The first-order chi connectivity index (χ1) is 51.7. The Kier molecular flexibility index (Phi) is 35.0. The van der Waals surface area contributed by atoms with Gasteiger partial charge >= 0.3 is 17.8 Å². The SMILES string of the molecule is C=C1NC(=O)N(C)C=C1C1O[C@H](CCP(=C)(C)C)[C@@H](O)[C@H]1O.C=C1NC(=O)NC=C1C1O[C@H](CCP(=C)(C)C)[C@@H](O)[C@H]1O.C=C1NC(=S)N(C)C=C1C1O[C@H](CCP(=C)(C)C)[C@@H](O)[C@H]1O.C=C1NC(=S)NC=C1C1O[C@H](CCP(=C)(C)C)[C@@H](O)[C@H]1O.C=P(C)(C)CC[C@H]1OC(c2cn(CNCCC)c(=O)[nH]c2=O)[C@H](O)[C@@H]1O. The van der Waals surface area contributed by atoms with Crippen molar-refractivity contribution >= 4 is 113 Å². The summed E-state index contributed by atoms with van der Waals surface area (Å²) in [6.45, 7) is 33.5. The Morgan fingerprint density at radius 3 is 1.12 bits per heavy atom. The first-order valence-electron chi connectivity index (χ1n) is 37.0. The number of aromatic nitrogens is 2. The third-order valence-electron chi connectivity index (χ3n) is 19.6. The summed E-state index contributed by atoms with van der Waals surface area (Å²) in [7, 11) is 3.42. The van der Waals surface area contributed by atoms with E-state index in [1.54, 1.807) is 30.5 Å². The molecular formula is C75H126N11O19P5S2. The molecular weight excluding hydrogens is 1580 g/mol. The molecule has 30 nitrogen and oxygen atoms in total. The molecule has 112 heavy (non-hydrogen) atoms. The number of rotatable bonds is 24. The highest BCUT2D eigenvalue weighted by molar-refractivity contribution is 7.80. The zero-order chi connectivity index (χ0) is 84.4. The Bertz CT molecular complexity index is 3930. The number of hydrogen-bond donors (Lipinski definition) is 18. The summed E-state index contributed by atoms with van der Waals surface area (Å²) in [5.41, 5.74) is 3.48. The zero-order valence-electron chi connectivity index (χ0n) is 67.0. The molecule has 5 unspecified atom stereocenters. The van der Waals surface area contributed by atoms with Gasteiger partial charge < -0.3 is 116 Å². The van der Waals surface area contributed by atoms with Crippen LogP contribution >= 0.6 is 58.9 Å². The number of hydrogen-bond acceptors (Lipinski definition) is 22. The molecule has 37 heteroatoms. The van der Waals surface area contributed by atoms with Crippen LogP contribution in [0.3, 0.4) is 0 Å². The number of nitrogens with zero attached hydrogens (tertiary/aromatic N) is 3. The van der Waals surface area contributed by atoms with E-state index in [4.69, 9.17) is 48.1 Å². The number of ether oxygens (including phenoxy) is 5. The monoisotopic (exact) mass is 1700 g/mol. The molecule has 1 aromatic heterocycles. The summed E-state index contributed by atoms with van der Waals surface area (Å²) in [5, 5.41) is 123. The molecule has 0 bridgehead atoms. The van der Waals surface area contributed by atoms with Crippen molar-refractivity contribution in [1.29, 1.82) is 0 Å². The standard InChI is InChI=1S/C17H30N3O5P.C15H25N2O4P.C15H25N2O3PS.C14H23N2O4P.C14H23N2O3PS/c1-5-7-18-10-20-9-11(16(23)19-17(20)24)15-14(22)13(21)12(25-15)6-8-26(2,3)4;1-9-10(8-17(2)15(20)16-9)14-13(19)12(18)11(21-14)6-7-22(3,4)5;1-9-10(8-17(2)15(22)16-9)14-13(19)12(18)11(20-14)6-7-21(3,4)5;1-8-9(7-15-14(19)16-8)13-12(18)11(17)10(20-13)5-6-21(2,3)4;1-8-9(7-15-14(21)16-8)13-12(18)11(17)10(19-13)5-6-20(2,3)4/h9,12-15,18,21-22H,2,5-8,10H2,1,3-4H3,(H,19,23,24);8,11-14,18-19H,1,3,6-7H2,2,4-5H3,(H,16,20);8,11-14,18-19H,1,3,6-7H2,2,4-5H3,(H,16,22);7,10-13,17-18H,1-2,5-6H2,3-4H3,(H2,15,16,19);7,10-13,17-18H,1-2,5-6H2,3-4H3,(H2,15,16,21)/t12-,13-,14-,15?;2*11-,12-,13-,14?;2*10-,11-,12-,13?/m11111/s1. The maximum absolute atomic E-state index is 12.2. The summed E-state index contributed by atoms with van der Waals surface area (Å²) >= 11 is 10.1. The van der Waals surface area contributed by atoms with Gasteiger partial charge in [-0.3, -0.25) is 19.7 Å². The van der Waals surface area contributed by atoms with Crippen LogP contribution in [0.5, 0.6) is 0 Å². The van der Waals surface area contributed by atoms with Crippen molar-refractivity contribution in [1.82, 2.24) is 56.6 Å². The van der Waals surface area contributed by atoms with Gasteiger partial charge in [-0.05, 0) is 167 Å².